The number of carbonyl (C=O) groups is 2. The summed E-state index contributed by atoms with van der Waals surface area (Å²) in [5, 5.41) is 11.2. The molecule has 0 aromatic heterocycles. The first kappa shape index (κ1) is 15.7. The van der Waals surface area contributed by atoms with E-state index in [-0.39, 0.29) is 19.1 Å². The van der Waals surface area contributed by atoms with Crippen LogP contribution in [0.3, 0.4) is 0 Å². The molecule has 0 aliphatic rings. The zero-order valence-electron chi connectivity index (χ0n) is 11.5. The van der Waals surface area contributed by atoms with Gasteiger partial charge in [-0.2, -0.15) is 0 Å². The van der Waals surface area contributed by atoms with Gasteiger partial charge in [0.2, 0.25) is 0 Å². The number of esters is 1. The van der Waals surface area contributed by atoms with Crippen LogP contribution in [0.5, 0.6) is 0 Å². The van der Waals surface area contributed by atoms with E-state index in [4.69, 9.17) is 9.84 Å². The van der Waals surface area contributed by atoms with Crippen molar-refractivity contribution < 1.29 is 19.4 Å². The number of aliphatic hydroxyl groups excluding tert-OH is 1. The molecule has 1 amide bonds. The van der Waals surface area contributed by atoms with Crippen LogP contribution in [0.4, 0.5) is 0 Å². The summed E-state index contributed by atoms with van der Waals surface area (Å²) in [6.45, 7) is 3.29. The molecule has 1 aromatic rings. The Morgan fingerprint density at radius 3 is 2.85 bits per heavy atom. The molecular weight excluding hydrogens is 258 g/mol. The third-order valence-electron chi connectivity index (χ3n) is 2.42. The van der Waals surface area contributed by atoms with Gasteiger partial charge in [-0.3, -0.25) is 4.79 Å². The SMILES string of the molecule is CCOC(=O)C(C)NC(=O)c1cccc(C#CCO)c1. The Morgan fingerprint density at radius 2 is 2.20 bits per heavy atom. The predicted octanol–water partition coefficient (Wildman–Crippen LogP) is 0.712. The van der Waals surface area contributed by atoms with Crippen LogP contribution in [0.1, 0.15) is 29.8 Å². The third-order valence-corrected chi connectivity index (χ3v) is 2.42. The van der Waals surface area contributed by atoms with Crippen LogP contribution in [0.2, 0.25) is 0 Å². The monoisotopic (exact) mass is 275 g/mol. The van der Waals surface area contributed by atoms with E-state index in [0.717, 1.165) is 0 Å². The fourth-order valence-corrected chi connectivity index (χ4v) is 1.49. The largest absolute Gasteiger partial charge is 0.464 e. The van der Waals surface area contributed by atoms with Crippen molar-refractivity contribution in [1.29, 1.82) is 0 Å². The highest BCUT2D eigenvalue weighted by Crippen LogP contribution is 2.05. The van der Waals surface area contributed by atoms with Crippen molar-refractivity contribution in [3.8, 4) is 11.8 Å². The summed E-state index contributed by atoms with van der Waals surface area (Å²) >= 11 is 0. The fraction of sp³-hybridized carbons (Fsp3) is 0.333. The lowest BCUT2D eigenvalue weighted by atomic mass is 10.1. The highest BCUT2D eigenvalue weighted by Gasteiger charge is 2.17. The Balaban J connectivity index is 2.75. The Morgan fingerprint density at radius 1 is 1.45 bits per heavy atom. The second-order valence-corrected chi connectivity index (χ2v) is 3.99. The Hall–Kier alpha value is -2.32. The number of nitrogens with one attached hydrogen (secondary N) is 1. The van der Waals surface area contributed by atoms with Crippen molar-refractivity contribution in [2.45, 2.75) is 19.9 Å². The van der Waals surface area contributed by atoms with Crippen molar-refractivity contribution >= 4 is 11.9 Å². The summed E-state index contributed by atoms with van der Waals surface area (Å²) in [4.78, 5) is 23.4. The lowest BCUT2D eigenvalue weighted by Crippen LogP contribution is -2.39. The van der Waals surface area contributed by atoms with Crippen LogP contribution in [0.15, 0.2) is 24.3 Å². The first-order valence-corrected chi connectivity index (χ1v) is 6.25. The average molecular weight is 275 g/mol. The van der Waals surface area contributed by atoms with Gasteiger partial charge >= 0.3 is 5.97 Å². The summed E-state index contributed by atoms with van der Waals surface area (Å²) in [5.74, 6) is 4.37. The van der Waals surface area contributed by atoms with Gasteiger partial charge in [-0.15, -0.1) is 0 Å². The molecule has 0 saturated carbocycles. The van der Waals surface area contributed by atoms with Crippen molar-refractivity contribution in [1.82, 2.24) is 5.32 Å². The molecule has 0 spiro atoms. The fourth-order valence-electron chi connectivity index (χ4n) is 1.49. The third kappa shape index (κ3) is 4.75. The maximum atomic E-state index is 12.0. The van der Waals surface area contributed by atoms with E-state index in [9.17, 15) is 9.59 Å². The Kier molecular flexibility index (Phi) is 6.27. The van der Waals surface area contributed by atoms with E-state index < -0.39 is 12.0 Å². The molecule has 106 valence electrons. The number of hydrogen-bond donors (Lipinski definition) is 2. The van der Waals surface area contributed by atoms with Gasteiger partial charge in [-0.1, -0.05) is 17.9 Å². The number of aliphatic hydroxyl groups is 1. The van der Waals surface area contributed by atoms with Crippen LogP contribution in [0, 0.1) is 11.8 Å². The molecule has 2 N–H and O–H groups in total. The quantitative estimate of drug-likeness (QED) is 0.627. The number of ether oxygens (including phenoxy) is 1. The smallest absolute Gasteiger partial charge is 0.328 e. The number of rotatable bonds is 4. The van der Waals surface area contributed by atoms with E-state index >= 15 is 0 Å². The number of amides is 1. The average Bonchev–Trinajstić information content (AvgIpc) is 2.45. The summed E-state index contributed by atoms with van der Waals surface area (Å²) in [7, 11) is 0. The Labute approximate surface area is 117 Å². The van der Waals surface area contributed by atoms with Crippen LogP contribution < -0.4 is 5.32 Å². The van der Waals surface area contributed by atoms with Crippen LogP contribution in [0.25, 0.3) is 0 Å². The lowest BCUT2D eigenvalue weighted by molar-refractivity contribution is -0.144. The minimum absolute atomic E-state index is 0.240. The minimum Gasteiger partial charge on any atom is -0.464 e. The first-order valence-electron chi connectivity index (χ1n) is 6.25. The van der Waals surface area contributed by atoms with Gasteiger partial charge in [0, 0.05) is 11.1 Å². The van der Waals surface area contributed by atoms with Crippen LogP contribution in [-0.4, -0.2) is 36.2 Å². The standard InChI is InChI=1S/C15H17NO4/c1-3-20-15(19)11(2)16-14(18)13-8-4-6-12(10-13)7-5-9-17/h4,6,8,10-11,17H,3,9H2,1-2H3,(H,16,18). The second-order valence-electron chi connectivity index (χ2n) is 3.99. The maximum Gasteiger partial charge on any atom is 0.328 e. The van der Waals surface area contributed by atoms with Gasteiger partial charge in [-0.25, -0.2) is 4.79 Å². The number of benzene rings is 1. The Bertz CT molecular complexity index is 542. The normalized spacial score (nSPS) is 10.9. The minimum atomic E-state index is -0.713. The zero-order valence-corrected chi connectivity index (χ0v) is 11.5. The van der Waals surface area contributed by atoms with Crippen molar-refractivity contribution in [2.75, 3.05) is 13.2 Å². The van der Waals surface area contributed by atoms with E-state index in [0.29, 0.717) is 11.1 Å². The highest BCUT2D eigenvalue weighted by atomic mass is 16.5. The van der Waals surface area contributed by atoms with E-state index in [2.05, 4.69) is 17.2 Å². The number of hydrogen-bond acceptors (Lipinski definition) is 4. The summed E-state index contributed by atoms with van der Waals surface area (Å²) in [6, 6.07) is 5.92. The van der Waals surface area contributed by atoms with Gasteiger partial charge in [0.1, 0.15) is 12.6 Å². The molecule has 0 saturated heterocycles. The number of carbonyl (C=O) groups excluding carboxylic acids is 2. The molecule has 0 aliphatic heterocycles. The van der Waals surface area contributed by atoms with E-state index in [1.165, 1.54) is 0 Å². The molecule has 5 nitrogen and oxygen atoms in total. The van der Waals surface area contributed by atoms with E-state index in [1.807, 2.05) is 0 Å². The van der Waals surface area contributed by atoms with Gasteiger partial charge < -0.3 is 15.2 Å². The predicted molar refractivity (Wildman–Crippen MR) is 74.0 cm³/mol. The molecule has 0 radical (unpaired) electrons. The van der Waals surface area contributed by atoms with Crippen LogP contribution in [-0.2, 0) is 9.53 Å². The highest BCUT2D eigenvalue weighted by molar-refractivity contribution is 5.96. The lowest BCUT2D eigenvalue weighted by Gasteiger charge is -2.12. The van der Waals surface area contributed by atoms with Crippen molar-refractivity contribution in [3.05, 3.63) is 35.4 Å². The van der Waals surface area contributed by atoms with Crippen molar-refractivity contribution in [2.24, 2.45) is 0 Å². The molecule has 5 heteroatoms. The molecule has 20 heavy (non-hydrogen) atoms. The summed E-state index contributed by atoms with van der Waals surface area (Å²) < 4.78 is 4.81. The van der Waals surface area contributed by atoms with Gasteiger partial charge in [0.15, 0.2) is 0 Å². The molecule has 0 fully saturated rings. The molecule has 1 unspecified atom stereocenters. The van der Waals surface area contributed by atoms with Gasteiger partial charge in [-0.05, 0) is 32.0 Å². The molecule has 0 aliphatic carbocycles. The van der Waals surface area contributed by atoms with E-state index in [1.54, 1.807) is 38.1 Å². The topological polar surface area (TPSA) is 75.6 Å². The molecule has 0 heterocycles. The molecule has 0 bridgehead atoms. The molecular formula is C15H17NO4. The maximum absolute atomic E-state index is 12.0. The molecule has 1 aromatic carbocycles. The zero-order chi connectivity index (χ0) is 15.0. The summed E-state index contributed by atoms with van der Waals surface area (Å²) in [6.07, 6.45) is 0. The van der Waals surface area contributed by atoms with Crippen molar-refractivity contribution in [3.63, 3.8) is 0 Å². The van der Waals surface area contributed by atoms with Crippen LogP contribution >= 0.6 is 0 Å². The summed E-state index contributed by atoms with van der Waals surface area (Å²) in [5.41, 5.74) is 1.02. The molecule has 1 rings (SSSR count). The second kappa shape index (κ2) is 7.97. The molecule has 1 atom stereocenters. The first-order chi connectivity index (χ1) is 9.58. The van der Waals surface area contributed by atoms with Gasteiger partial charge in [0.25, 0.3) is 5.91 Å². The van der Waals surface area contributed by atoms with Gasteiger partial charge in [0.05, 0.1) is 6.61 Å².